The van der Waals surface area contributed by atoms with Crippen molar-refractivity contribution in [3.8, 4) is 0 Å². The monoisotopic (exact) mass is 301 g/mol. The molecule has 17 heavy (non-hydrogen) atoms. The van der Waals surface area contributed by atoms with Crippen molar-refractivity contribution < 1.29 is 10.2 Å². The van der Waals surface area contributed by atoms with Crippen LogP contribution in [0.2, 0.25) is 0 Å². The maximum atomic E-state index is 9.22. The van der Waals surface area contributed by atoms with Gasteiger partial charge >= 0.3 is 0 Å². The second-order valence-corrected chi connectivity index (χ2v) is 5.03. The van der Waals surface area contributed by atoms with Crippen LogP contribution in [0.15, 0.2) is 28.7 Å². The first-order chi connectivity index (χ1) is 8.19. The summed E-state index contributed by atoms with van der Waals surface area (Å²) in [5, 5.41) is 18.1. The van der Waals surface area contributed by atoms with Crippen LogP contribution in [-0.4, -0.2) is 48.0 Å². The van der Waals surface area contributed by atoms with E-state index in [2.05, 4.69) is 26.9 Å². The first-order valence-corrected chi connectivity index (χ1v) is 6.63. The summed E-state index contributed by atoms with van der Waals surface area (Å²) >= 11 is 3.52. The molecule has 0 saturated carbocycles. The van der Waals surface area contributed by atoms with E-state index in [1.165, 1.54) is 5.56 Å². The highest BCUT2D eigenvalue weighted by molar-refractivity contribution is 9.10. The molecule has 1 unspecified atom stereocenters. The largest absolute Gasteiger partial charge is 0.396 e. The lowest BCUT2D eigenvalue weighted by Gasteiger charge is -2.25. The molecular weight excluding hydrogens is 282 g/mol. The molecule has 1 aromatic carbocycles. The Labute approximate surface area is 111 Å². The third-order valence-electron chi connectivity index (χ3n) is 2.99. The minimum atomic E-state index is 0.0440. The number of rotatable bonds is 7. The smallest absolute Gasteiger partial charge is 0.0587 e. The molecule has 96 valence electrons. The van der Waals surface area contributed by atoms with Gasteiger partial charge in [-0.1, -0.05) is 34.1 Å². The van der Waals surface area contributed by atoms with Crippen LogP contribution in [0.25, 0.3) is 0 Å². The predicted molar refractivity (Wildman–Crippen MR) is 73.1 cm³/mol. The fraction of sp³-hybridized carbons (Fsp3) is 0.538. The van der Waals surface area contributed by atoms with Crippen LogP contribution in [0, 0.1) is 0 Å². The molecule has 0 aliphatic carbocycles. The average molecular weight is 302 g/mol. The van der Waals surface area contributed by atoms with Gasteiger partial charge in [0.2, 0.25) is 0 Å². The van der Waals surface area contributed by atoms with Gasteiger partial charge in [0.1, 0.15) is 0 Å². The molecule has 0 fully saturated rings. The third kappa shape index (κ3) is 4.76. The highest BCUT2D eigenvalue weighted by atomic mass is 79.9. The highest BCUT2D eigenvalue weighted by Crippen LogP contribution is 2.16. The Bertz CT molecular complexity index is 333. The number of aliphatic hydroxyl groups excluding tert-OH is 2. The molecule has 4 heteroatoms. The molecule has 0 aliphatic heterocycles. The quantitative estimate of drug-likeness (QED) is 0.805. The Balaban J connectivity index is 2.47. The number of hydrogen-bond donors (Lipinski definition) is 2. The number of halogens is 1. The Morgan fingerprint density at radius 1 is 1.29 bits per heavy atom. The van der Waals surface area contributed by atoms with E-state index in [1.54, 1.807) is 0 Å². The van der Waals surface area contributed by atoms with Gasteiger partial charge in [-0.05, 0) is 31.5 Å². The summed E-state index contributed by atoms with van der Waals surface area (Å²) in [4.78, 5) is 2.09. The van der Waals surface area contributed by atoms with Crippen molar-refractivity contribution in [2.75, 3.05) is 26.8 Å². The topological polar surface area (TPSA) is 43.7 Å². The minimum Gasteiger partial charge on any atom is -0.396 e. The Hall–Kier alpha value is -0.420. The minimum absolute atomic E-state index is 0.0440. The SMILES string of the molecule is CN(CCc1ccccc1Br)C(CO)CCO. The first kappa shape index (κ1) is 14.6. The number of likely N-dealkylation sites (N-methyl/N-ethyl adjacent to an activating group) is 1. The Kier molecular flexibility index (Phi) is 6.73. The molecule has 0 bridgehead atoms. The first-order valence-electron chi connectivity index (χ1n) is 5.84. The molecule has 0 spiro atoms. The molecular formula is C13H20BrNO2. The zero-order valence-corrected chi connectivity index (χ0v) is 11.7. The summed E-state index contributed by atoms with van der Waals surface area (Å²) in [5.74, 6) is 0. The van der Waals surface area contributed by atoms with Crippen molar-refractivity contribution in [2.24, 2.45) is 0 Å². The molecule has 0 aromatic heterocycles. The van der Waals surface area contributed by atoms with Crippen molar-refractivity contribution in [1.82, 2.24) is 4.90 Å². The van der Waals surface area contributed by atoms with Gasteiger partial charge in [-0.15, -0.1) is 0 Å². The second kappa shape index (κ2) is 7.82. The van der Waals surface area contributed by atoms with Gasteiger partial charge in [-0.2, -0.15) is 0 Å². The third-order valence-corrected chi connectivity index (χ3v) is 3.76. The van der Waals surface area contributed by atoms with E-state index >= 15 is 0 Å². The Morgan fingerprint density at radius 3 is 2.59 bits per heavy atom. The van der Waals surface area contributed by atoms with Gasteiger partial charge in [-0.3, -0.25) is 0 Å². The van der Waals surface area contributed by atoms with Crippen molar-refractivity contribution in [1.29, 1.82) is 0 Å². The van der Waals surface area contributed by atoms with Crippen LogP contribution in [0.3, 0.4) is 0 Å². The van der Waals surface area contributed by atoms with Gasteiger partial charge in [0.15, 0.2) is 0 Å². The molecule has 0 heterocycles. The van der Waals surface area contributed by atoms with Crippen molar-refractivity contribution in [2.45, 2.75) is 18.9 Å². The lowest BCUT2D eigenvalue weighted by molar-refractivity contribution is 0.120. The normalized spacial score (nSPS) is 13.0. The zero-order valence-electron chi connectivity index (χ0n) is 10.1. The van der Waals surface area contributed by atoms with Gasteiger partial charge in [0, 0.05) is 23.7 Å². The summed E-state index contributed by atoms with van der Waals surface area (Å²) in [5.41, 5.74) is 1.26. The Morgan fingerprint density at radius 2 is 2.00 bits per heavy atom. The van der Waals surface area contributed by atoms with E-state index in [0.717, 1.165) is 17.4 Å². The van der Waals surface area contributed by atoms with Crippen molar-refractivity contribution >= 4 is 15.9 Å². The van der Waals surface area contributed by atoms with E-state index in [-0.39, 0.29) is 19.3 Å². The molecule has 3 nitrogen and oxygen atoms in total. The summed E-state index contributed by atoms with van der Waals surface area (Å²) < 4.78 is 1.12. The molecule has 0 amide bonds. The molecule has 0 radical (unpaired) electrons. The van der Waals surface area contributed by atoms with E-state index in [1.807, 2.05) is 25.2 Å². The summed E-state index contributed by atoms with van der Waals surface area (Å²) in [6, 6.07) is 8.20. The van der Waals surface area contributed by atoms with E-state index in [9.17, 15) is 5.11 Å². The maximum absolute atomic E-state index is 9.22. The van der Waals surface area contributed by atoms with Crippen LogP contribution < -0.4 is 0 Å². The summed E-state index contributed by atoms with van der Waals surface area (Å²) in [6.45, 7) is 1.07. The van der Waals surface area contributed by atoms with Gasteiger partial charge < -0.3 is 15.1 Å². The maximum Gasteiger partial charge on any atom is 0.0587 e. The highest BCUT2D eigenvalue weighted by Gasteiger charge is 2.13. The van der Waals surface area contributed by atoms with Crippen molar-refractivity contribution in [3.63, 3.8) is 0 Å². The molecule has 0 saturated heterocycles. The molecule has 1 rings (SSSR count). The zero-order chi connectivity index (χ0) is 12.7. The number of benzene rings is 1. The molecule has 1 aromatic rings. The van der Waals surface area contributed by atoms with Crippen LogP contribution in [0.1, 0.15) is 12.0 Å². The molecule has 2 N–H and O–H groups in total. The van der Waals surface area contributed by atoms with Crippen molar-refractivity contribution in [3.05, 3.63) is 34.3 Å². The van der Waals surface area contributed by atoms with Gasteiger partial charge in [-0.25, -0.2) is 0 Å². The summed E-state index contributed by atoms with van der Waals surface area (Å²) in [6.07, 6.45) is 1.54. The number of hydrogen-bond acceptors (Lipinski definition) is 3. The summed E-state index contributed by atoms with van der Waals surface area (Å²) in [7, 11) is 1.98. The van der Waals surface area contributed by atoms with E-state index in [4.69, 9.17) is 5.11 Å². The molecule has 1 atom stereocenters. The van der Waals surface area contributed by atoms with Gasteiger partial charge in [0.25, 0.3) is 0 Å². The van der Waals surface area contributed by atoms with Crippen LogP contribution in [0.5, 0.6) is 0 Å². The van der Waals surface area contributed by atoms with Crippen LogP contribution in [-0.2, 0) is 6.42 Å². The average Bonchev–Trinajstić information content (AvgIpc) is 2.34. The van der Waals surface area contributed by atoms with Gasteiger partial charge in [0.05, 0.1) is 6.61 Å². The van der Waals surface area contributed by atoms with Crippen LogP contribution >= 0.6 is 15.9 Å². The van der Waals surface area contributed by atoms with E-state index < -0.39 is 0 Å². The second-order valence-electron chi connectivity index (χ2n) is 4.17. The fourth-order valence-electron chi connectivity index (χ4n) is 1.78. The molecule has 0 aliphatic rings. The number of nitrogens with zero attached hydrogens (tertiary/aromatic N) is 1. The lowest BCUT2D eigenvalue weighted by atomic mass is 10.1. The van der Waals surface area contributed by atoms with E-state index in [0.29, 0.717) is 6.42 Å². The predicted octanol–water partition coefficient (Wildman–Crippen LogP) is 1.67. The number of aliphatic hydroxyl groups is 2. The lowest BCUT2D eigenvalue weighted by Crippen LogP contribution is -2.36. The van der Waals surface area contributed by atoms with Crippen LogP contribution in [0.4, 0.5) is 0 Å². The fourth-order valence-corrected chi connectivity index (χ4v) is 2.26. The standard InChI is InChI=1S/C13H20BrNO2/c1-15(12(10-17)7-9-16)8-6-11-4-2-3-5-13(11)14/h2-5,12,16-17H,6-10H2,1H3.